The van der Waals surface area contributed by atoms with Crippen LogP contribution in [0.15, 0.2) is 52.4 Å². The molecule has 0 saturated carbocycles. The zero-order chi connectivity index (χ0) is 20.7. The van der Waals surface area contributed by atoms with Crippen molar-refractivity contribution < 1.29 is 12.8 Å². The number of halogens is 1. The average molecular weight is 407 g/mol. The van der Waals surface area contributed by atoms with E-state index in [1.54, 1.807) is 25.1 Å². The SMILES string of the molecule is CCNC(=NCc1cccc(S(=O)(=O)NC)c1)NC(C)c1ccc(C)c(F)c1. The van der Waals surface area contributed by atoms with Gasteiger partial charge >= 0.3 is 0 Å². The number of benzene rings is 2. The van der Waals surface area contributed by atoms with Gasteiger partial charge in [0.15, 0.2) is 5.96 Å². The number of sulfonamides is 1. The van der Waals surface area contributed by atoms with Gasteiger partial charge in [-0.1, -0.05) is 24.3 Å². The molecule has 0 fully saturated rings. The lowest BCUT2D eigenvalue weighted by molar-refractivity contribution is 0.588. The number of rotatable bonds is 7. The lowest BCUT2D eigenvalue weighted by Crippen LogP contribution is -2.38. The predicted octanol–water partition coefficient (Wildman–Crippen LogP) is 2.86. The van der Waals surface area contributed by atoms with Crippen molar-refractivity contribution in [1.29, 1.82) is 0 Å². The van der Waals surface area contributed by atoms with Gasteiger partial charge in [0.1, 0.15) is 5.82 Å². The second kappa shape index (κ2) is 9.66. The monoisotopic (exact) mass is 406 g/mol. The summed E-state index contributed by atoms with van der Waals surface area (Å²) in [5.41, 5.74) is 2.19. The maximum Gasteiger partial charge on any atom is 0.240 e. The van der Waals surface area contributed by atoms with Crippen LogP contribution in [-0.2, 0) is 16.6 Å². The Morgan fingerprint density at radius 2 is 1.96 bits per heavy atom. The Kier molecular flexibility index (Phi) is 7.53. The van der Waals surface area contributed by atoms with Crippen LogP contribution in [0.25, 0.3) is 0 Å². The normalized spacial score (nSPS) is 13.2. The lowest BCUT2D eigenvalue weighted by atomic mass is 10.1. The molecule has 6 nitrogen and oxygen atoms in total. The number of hydrogen-bond acceptors (Lipinski definition) is 3. The molecule has 1 unspecified atom stereocenters. The number of aryl methyl sites for hydroxylation is 1. The fourth-order valence-corrected chi connectivity index (χ4v) is 3.39. The molecular weight excluding hydrogens is 379 g/mol. The van der Waals surface area contributed by atoms with E-state index in [0.717, 1.165) is 11.1 Å². The minimum Gasteiger partial charge on any atom is -0.357 e. The smallest absolute Gasteiger partial charge is 0.240 e. The molecule has 0 aliphatic rings. The van der Waals surface area contributed by atoms with E-state index >= 15 is 0 Å². The molecule has 0 heterocycles. The Morgan fingerprint density at radius 1 is 1.21 bits per heavy atom. The largest absolute Gasteiger partial charge is 0.357 e. The fraction of sp³-hybridized carbons (Fsp3) is 0.350. The Bertz CT molecular complexity index is 945. The van der Waals surface area contributed by atoms with Crippen LogP contribution in [0.5, 0.6) is 0 Å². The highest BCUT2D eigenvalue weighted by Crippen LogP contribution is 2.16. The molecule has 152 valence electrons. The van der Waals surface area contributed by atoms with Gasteiger partial charge in [-0.3, -0.25) is 0 Å². The summed E-state index contributed by atoms with van der Waals surface area (Å²) < 4.78 is 40.0. The van der Waals surface area contributed by atoms with Gasteiger partial charge in [0.05, 0.1) is 17.5 Å². The third-order valence-electron chi connectivity index (χ3n) is 4.29. The van der Waals surface area contributed by atoms with Crippen LogP contribution >= 0.6 is 0 Å². The Morgan fingerprint density at radius 3 is 2.61 bits per heavy atom. The number of guanidine groups is 1. The van der Waals surface area contributed by atoms with Crippen molar-refractivity contribution in [3.63, 3.8) is 0 Å². The van der Waals surface area contributed by atoms with Crippen LogP contribution < -0.4 is 15.4 Å². The lowest BCUT2D eigenvalue weighted by Gasteiger charge is -2.18. The van der Waals surface area contributed by atoms with Gasteiger partial charge in [-0.2, -0.15) is 0 Å². The van der Waals surface area contributed by atoms with Crippen molar-refractivity contribution in [2.75, 3.05) is 13.6 Å². The third kappa shape index (κ3) is 5.77. The Labute approximate surface area is 166 Å². The summed E-state index contributed by atoms with van der Waals surface area (Å²) in [6, 6.07) is 11.6. The van der Waals surface area contributed by atoms with Crippen molar-refractivity contribution in [2.24, 2.45) is 4.99 Å². The van der Waals surface area contributed by atoms with Gasteiger partial charge in [0, 0.05) is 6.54 Å². The summed E-state index contributed by atoms with van der Waals surface area (Å²) in [5, 5.41) is 6.40. The molecule has 2 aromatic carbocycles. The van der Waals surface area contributed by atoms with E-state index in [4.69, 9.17) is 0 Å². The maximum absolute atomic E-state index is 13.8. The molecular formula is C20H27FN4O2S. The van der Waals surface area contributed by atoms with Gasteiger partial charge in [0.25, 0.3) is 0 Å². The molecule has 0 amide bonds. The number of aliphatic imine (C=N–C) groups is 1. The standard InChI is InChI=1S/C20H27FN4O2S/c1-5-23-20(25-15(3)17-10-9-14(2)19(21)12-17)24-13-16-7-6-8-18(11-16)28(26,27)22-4/h6-12,15,22H,5,13H2,1-4H3,(H2,23,24,25). The van der Waals surface area contributed by atoms with Gasteiger partial charge in [0.2, 0.25) is 10.0 Å². The van der Waals surface area contributed by atoms with Crippen molar-refractivity contribution in [1.82, 2.24) is 15.4 Å². The van der Waals surface area contributed by atoms with Crippen molar-refractivity contribution in [3.8, 4) is 0 Å². The molecule has 3 N–H and O–H groups in total. The van der Waals surface area contributed by atoms with Crippen molar-refractivity contribution in [2.45, 2.75) is 38.3 Å². The zero-order valence-corrected chi connectivity index (χ0v) is 17.4. The Balaban J connectivity index is 2.16. The summed E-state index contributed by atoms with van der Waals surface area (Å²) >= 11 is 0. The molecule has 2 aromatic rings. The van der Waals surface area contributed by atoms with Gasteiger partial charge in [-0.05, 0) is 62.7 Å². The first-order chi connectivity index (χ1) is 13.3. The number of nitrogens with zero attached hydrogens (tertiary/aromatic N) is 1. The summed E-state index contributed by atoms with van der Waals surface area (Å²) in [7, 11) is -2.12. The minimum atomic E-state index is -3.50. The Hall–Kier alpha value is -2.45. The molecule has 0 radical (unpaired) electrons. The summed E-state index contributed by atoms with van der Waals surface area (Å²) in [6.45, 7) is 6.57. The van der Waals surface area contributed by atoms with Crippen LogP contribution in [0.2, 0.25) is 0 Å². The van der Waals surface area contributed by atoms with Crippen molar-refractivity contribution >= 4 is 16.0 Å². The highest BCUT2D eigenvalue weighted by atomic mass is 32.2. The van der Waals surface area contributed by atoms with Crippen LogP contribution in [0.3, 0.4) is 0 Å². The molecule has 8 heteroatoms. The predicted molar refractivity (Wildman–Crippen MR) is 110 cm³/mol. The topological polar surface area (TPSA) is 82.6 Å². The molecule has 2 rings (SSSR count). The minimum absolute atomic E-state index is 0.149. The van der Waals surface area contributed by atoms with Crippen LogP contribution in [0, 0.1) is 12.7 Å². The second-order valence-corrected chi connectivity index (χ2v) is 8.31. The summed E-state index contributed by atoms with van der Waals surface area (Å²) in [5.74, 6) is 0.327. The highest BCUT2D eigenvalue weighted by molar-refractivity contribution is 7.89. The second-order valence-electron chi connectivity index (χ2n) is 6.42. The number of nitrogens with one attached hydrogen (secondary N) is 3. The van der Waals surface area contributed by atoms with E-state index in [2.05, 4.69) is 20.3 Å². The summed E-state index contributed by atoms with van der Waals surface area (Å²) in [6.07, 6.45) is 0. The summed E-state index contributed by atoms with van der Waals surface area (Å²) in [4.78, 5) is 4.72. The molecule has 0 aliphatic heterocycles. The van der Waals surface area contributed by atoms with E-state index in [9.17, 15) is 12.8 Å². The molecule has 0 bridgehead atoms. The van der Waals surface area contributed by atoms with E-state index in [1.165, 1.54) is 19.2 Å². The van der Waals surface area contributed by atoms with Gasteiger partial charge in [-0.25, -0.2) is 22.5 Å². The van der Waals surface area contributed by atoms with E-state index in [1.807, 2.05) is 26.0 Å². The maximum atomic E-state index is 13.8. The van der Waals surface area contributed by atoms with E-state index in [-0.39, 0.29) is 16.8 Å². The van der Waals surface area contributed by atoms with Crippen LogP contribution in [0.4, 0.5) is 4.39 Å². The van der Waals surface area contributed by atoms with Crippen LogP contribution in [-0.4, -0.2) is 28.0 Å². The molecule has 0 aliphatic carbocycles. The molecule has 0 aromatic heterocycles. The molecule has 0 saturated heterocycles. The molecule has 1 atom stereocenters. The average Bonchev–Trinajstić information content (AvgIpc) is 2.68. The molecule has 0 spiro atoms. The fourth-order valence-electron chi connectivity index (χ4n) is 2.59. The third-order valence-corrected chi connectivity index (χ3v) is 5.70. The van der Waals surface area contributed by atoms with E-state index in [0.29, 0.717) is 24.6 Å². The molecule has 28 heavy (non-hydrogen) atoms. The first-order valence-corrected chi connectivity index (χ1v) is 10.6. The highest BCUT2D eigenvalue weighted by Gasteiger charge is 2.12. The first-order valence-electron chi connectivity index (χ1n) is 9.10. The zero-order valence-electron chi connectivity index (χ0n) is 16.6. The van der Waals surface area contributed by atoms with Crippen molar-refractivity contribution in [3.05, 3.63) is 65.0 Å². The van der Waals surface area contributed by atoms with E-state index < -0.39 is 10.0 Å². The first kappa shape index (κ1) is 21.8. The van der Waals surface area contributed by atoms with Gasteiger partial charge in [-0.15, -0.1) is 0 Å². The van der Waals surface area contributed by atoms with Gasteiger partial charge < -0.3 is 10.6 Å². The number of hydrogen-bond donors (Lipinski definition) is 3. The quantitative estimate of drug-likeness (QED) is 0.488. The van der Waals surface area contributed by atoms with Crippen LogP contribution in [0.1, 0.15) is 36.6 Å².